The Morgan fingerprint density at radius 2 is 1.46 bits per heavy atom. The van der Waals surface area contributed by atoms with Crippen molar-refractivity contribution in [3.8, 4) is 11.5 Å². The summed E-state index contributed by atoms with van der Waals surface area (Å²) in [7, 11) is 0. The zero-order chi connectivity index (χ0) is 25.4. The van der Waals surface area contributed by atoms with Crippen molar-refractivity contribution in [2.75, 3.05) is 10.7 Å². The van der Waals surface area contributed by atoms with E-state index in [2.05, 4.69) is 16.2 Å². The molecule has 0 radical (unpaired) electrons. The summed E-state index contributed by atoms with van der Waals surface area (Å²) in [5, 5.41) is 10.9. The number of amides is 1. The first-order valence-corrected chi connectivity index (χ1v) is 11.5. The third-order valence-electron chi connectivity index (χ3n) is 4.90. The lowest BCUT2D eigenvalue weighted by Gasteiger charge is -2.23. The Kier molecular flexibility index (Phi) is 8.56. The summed E-state index contributed by atoms with van der Waals surface area (Å²) in [4.78, 5) is 13.3. The van der Waals surface area contributed by atoms with Gasteiger partial charge in [0.25, 0.3) is 5.91 Å². The van der Waals surface area contributed by atoms with Crippen LogP contribution >= 0.6 is 0 Å². The van der Waals surface area contributed by atoms with E-state index >= 15 is 0 Å². The van der Waals surface area contributed by atoms with Crippen molar-refractivity contribution in [3.05, 3.63) is 83.9 Å². The number of carbonyl (C=O) groups excluding carboxylic acids is 1. The lowest BCUT2D eigenvalue weighted by molar-refractivity contribution is -0.121. The SMILES string of the molecule is CC(C)Oc1ccc(C(Nc2ccc(C(=N)N)cc2)C(=O)NNc2ccccc2)cc1OC(C)C. The molecule has 184 valence electrons. The van der Waals surface area contributed by atoms with Crippen molar-refractivity contribution in [2.24, 2.45) is 5.73 Å². The highest BCUT2D eigenvalue weighted by molar-refractivity contribution is 5.95. The molecule has 0 fully saturated rings. The molecule has 3 aromatic rings. The van der Waals surface area contributed by atoms with E-state index in [1.165, 1.54) is 0 Å². The van der Waals surface area contributed by atoms with Gasteiger partial charge in [-0.15, -0.1) is 0 Å². The normalized spacial score (nSPS) is 11.6. The number of benzene rings is 3. The fourth-order valence-corrected chi connectivity index (χ4v) is 3.34. The molecule has 0 heterocycles. The lowest BCUT2D eigenvalue weighted by atomic mass is 10.0. The van der Waals surface area contributed by atoms with E-state index in [1.54, 1.807) is 24.3 Å². The second-order valence-electron chi connectivity index (χ2n) is 8.59. The van der Waals surface area contributed by atoms with Crippen LogP contribution in [0.3, 0.4) is 0 Å². The van der Waals surface area contributed by atoms with E-state index < -0.39 is 6.04 Å². The zero-order valence-electron chi connectivity index (χ0n) is 20.5. The molecule has 35 heavy (non-hydrogen) atoms. The quantitative estimate of drug-likeness (QED) is 0.154. The van der Waals surface area contributed by atoms with Gasteiger partial charge < -0.3 is 20.5 Å². The number of carbonyl (C=O) groups is 1. The van der Waals surface area contributed by atoms with E-state index in [9.17, 15) is 4.79 Å². The molecule has 0 aromatic heterocycles. The van der Waals surface area contributed by atoms with Crippen LogP contribution in [0.2, 0.25) is 0 Å². The zero-order valence-corrected chi connectivity index (χ0v) is 20.5. The van der Waals surface area contributed by atoms with Crippen molar-refractivity contribution < 1.29 is 14.3 Å². The Hall–Kier alpha value is -4.20. The minimum atomic E-state index is -0.753. The van der Waals surface area contributed by atoms with Crippen molar-refractivity contribution in [1.82, 2.24) is 5.43 Å². The van der Waals surface area contributed by atoms with Gasteiger partial charge in [-0.05, 0) is 81.8 Å². The molecule has 0 saturated carbocycles. The standard InChI is InChI=1S/C27H33N5O3/c1-17(2)34-23-15-12-20(16-24(23)35-18(3)4)25(27(33)32-31-22-8-6-5-7-9-22)30-21-13-10-19(11-14-21)26(28)29/h5-18,25,30-31H,1-4H3,(H3,28,29)(H,32,33). The van der Waals surface area contributed by atoms with Crippen molar-refractivity contribution in [3.63, 3.8) is 0 Å². The summed E-state index contributed by atoms with van der Waals surface area (Å²) in [6.45, 7) is 7.78. The third-order valence-corrected chi connectivity index (χ3v) is 4.90. The van der Waals surface area contributed by atoms with Gasteiger partial charge in [-0.3, -0.25) is 21.1 Å². The lowest BCUT2D eigenvalue weighted by Crippen LogP contribution is -2.37. The van der Waals surface area contributed by atoms with Crippen molar-refractivity contribution in [1.29, 1.82) is 5.41 Å². The van der Waals surface area contributed by atoms with Gasteiger partial charge in [0.05, 0.1) is 17.9 Å². The largest absolute Gasteiger partial charge is 0.487 e. The summed E-state index contributed by atoms with van der Waals surface area (Å²) in [6.07, 6.45) is -0.0960. The topological polar surface area (TPSA) is 121 Å². The second kappa shape index (κ2) is 11.8. The second-order valence-corrected chi connectivity index (χ2v) is 8.59. The molecule has 3 aromatic carbocycles. The molecule has 1 amide bonds. The Morgan fingerprint density at radius 1 is 0.829 bits per heavy atom. The van der Waals surface area contributed by atoms with Crippen LogP contribution in [-0.4, -0.2) is 24.0 Å². The molecule has 3 rings (SSSR count). The number of hydrogen-bond acceptors (Lipinski definition) is 6. The minimum absolute atomic E-state index is 0.0193. The van der Waals surface area contributed by atoms with E-state index in [-0.39, 0.29) is 24.0 Å². The highest BCUT2D eigenvalue weighted by Crippen LogP contribution is 2.33. The molecular weight excluding hydrogens is 442 g/mol. The number of para-hydroxylation sites is 1. The maximum Gasteiger partial charge on any atom is 0.265 e. The van der Waals surface area contributed by atoms with Crippen LogP contribution in [0, 0.1) is 5.41 Å². The summed E-state index contributed by atoms with van der Waals surface area (Å²) in [5.74, 6) is 0.866. The fraction of sp³-hybridized carbons (Fsp3) is 0.259. The maximum atomic E-state index is 13.3. The molecule has 6 N–H and O–H groups in total. The molecule has 8 heteroatoms. The number of hydrazine groups is 1. The smallest absolute Gasteiger partial charge is 0.265 e. The van der Waals surface area contributed by atoms with E-state index in [4.69, 9.17) is 20.6 Å². The number of ether oxygens (including phenoxy) is 2. The van der Waals surface area contributed by atoms with Gasteiger partial charge in [0.2, 0.25) is 0 Å². The molecule has 0 bridgehead atoms. The number of nitrogen functional groups attached to an aromatic ring is 1. The molecule has 0 aliphatic rings. The summed E-state index contributed by atoms with van der Waals surface area (Å²) >= 11 is 0. The predicted octanol–water partition coefficient (Wildman–Crippen LogP) is 4.84. The van der Waals surface area contributed by atoms with Crippen LogP contribution in [0.15, 0.2) is 72.8 Å². The molecular formula is C27H33N5O3. The number of rotatable bonds is 11. The predicted molar refractivity (Wildman–Crippen MR) is 140 cm³/mol. The fourth-order valence-electron chi connectivity index (χ4n) is 3.34. The third kappa shape index (κ3) is 7.40. The van der Waals surface area contributed by atoms with E-state index in [1.807, 2.05) is 76.2 Å². The molecule has 0 saturated heterocycles. The minimum Gasteiger partial charge on any atom is -0.487 e. The highest BCUT2D eigenvalue weighted by Gasteiger charge is 2.23. The Bertz CT molecular complexity index is 1130. The first-order valence-electron chi connectivity index (χ1n) is 11.5. The highest BCUT2D eigenvalue weighted by atomic mass is 16.5. The number of anilines is 2. The average molecular weight is 476 g/mol. The van der Waals surface area contributed by atoms with E-state index in [0.717, 1.165) is 5.69 Å². The van der Waals surface area contributed by atoms with Crippen LogP contribution in [0.25, 0.3) is 0 Å². The Labute approximate surface area is 206 Å². The van der Waals surface area contributed by atoms with Gasteiger partial charge >= 0.3 is 0 Å². The monoisotopic (exact) mass is 475 g/mol. The molecule has 0 aliphatic heterocycles. The first kappa shape index (κ1) is 25.4. The average Bonchev–Trinajstić information content (AvgIpc) is 2.82. The molecule has 1 unspecified atom stereocenters. The van der Waals surface area contributed by atoms with Gasteiger partial charge in [-0.25, -0.2) is 0 Å². The Morgan fingerprint density at radius 3 is 2.06 bits per heavy atom. The molecule has 8 nitrogen and oxygen atoms in total. The summed E-state index contributed by atoms with van der Waals surface area (Å²) in [5.41, 5.74) is 14.0. The molecule has 0 aliphatic carbocycles. The van der Waals surface area contributed by atoms with Crippen molar-refractivity contribution in [2.45, 2.75) is 45.9 Å². The van der Waals surface area contributed by atoms with Gasteiger partial charge in [-0.1, -0.05) is 24.3 Å². The van der Waals surface area contributed by atoms with Crippen molar-refractivity contribution >= 4 is 23.1 Å². The van der Waals surface area contributed by atoms with Gasteiger partial charge in [0.15, 0.2) is 11.5 Å². The van der Waals surface area contributed by atoms with Crippen LogP contribution < -0.4 is 31.4 Å². The van der Waals surface area contributed by atoms with Gasteiger partial charge in [0.1, 0.15) is 11.9 Å². The Balaban J connectivity index is 1.92. The van der Waals surface area contributed by atoms with Crippen LogP contribution in [-0.2, 0) is 4.79 Å². The van der Waals surface area contributed by atoms with Gasteiger partial charge in [0, 0.05) is 11.3 Å². The number of amidine groups is 1. The number of nitrogens with two attached hydrogens (primary N) is 1. The van der Waals surface area contributed by atoms with E-state index in [0.29, 0.717) is 28.3 Å². The first-order chi connectivity index (χ1) is 16.7. The van der Waals surface area contributed by atoms with Crippen LogP contribution in [0.4, 0.5) is 11.4 Å². The van der Waals surface area contributed by atoms with Crippen LogP contribution in [0.5, 0.6) is 11.5 Å². The van der Waals surface area contributed by atoms with Crippen LogP contribution in [0.1, 0.15) is 44.9 Å². The number of hydrogen-bond donors (Lipinski definition) is 5. The maximum absolute atomic E-state index is 13.3. The molecule has 0 spiro atoms. The van der Waals surface area contributed by atoms with Gasteiger partial charge in [-0.2, -0.15) is 0 Å². The summed E-state index contributed by atoms with van der Waals surface area (Å²) < 4.78 is 11.9. The summed E-state index contributed by atoms with van der Waals surface area (Å²) in [6, 6.07) is 21.1. The molecule has 1 atom stereocenters. The number of nitrogens with one attached hydrogen (secondary N) is 4.